The molecule has 96 valence electrons. The van der Waals surface area contributed by atoms with Crippen molar-refractivity contribution in [2.45, 2.75) is 52.5 Å². The fourth-order valence-corrected chi connectivity index (χ4v) is 1.73. The van der Waals surface area contributed by atoms with E-state index in [1.807, 2.05) is 13.0 Å². The number of aryl methyl sites for hydroxylation is 1. The van der Waals surface area contributed by atoms with Gasteiger partial charge >= 0.3 is 0 Å². The summed E-state index contributed by atoms with van der Waals surface area (Å²) in [5, 5.41) is 3.39. The van der Waals surface area contributed by atoms with Gasteiger partial charge in [-0.25, -0.2) is 9.97 Å². The van der Waals surface area contributed by atoms with E-state index in [1.54, 1.807) is 0 Å². The molecule has 1 atom stereocenters. The molecule has 0 aliphatic rings. The second-order valence-corrected chi connectivity index (χ2v) is 4.77. The maximum atomic E-state index is 5.74. The van der Waals surface area contributed by atoms with Gasteiger partial charge in [0.05, 0.1) is 0 Å². The Morgan fingerprint density at radius 2 is 2.06 bits per heavy atom. The molecule has 1 unspecified atom stereocenters. The molecule has 0 aromatic carbocycles. The third kappa shape index (κ3) is 4.30. The molecular formula is C13H24N4. The van der Waals surface area contributed by atoms with Crippen molar-refractivity contribution < 1.29 is 0 Å². The summed E-state index contributed by atoms with van der Waals surface area (Å²) in [6, 6.07) is 2.28. The van der Waals surface area contributed by atoms with Gasteiger partial charge in [0.2, 0.25) is 0 Å². The molecule has 0 aliphatic heterocycles. The Kier molecular flexibility index (Phi) is 5.35. The normalized spacial score (nSPS) is 12.8. The first-order chi connectivity index (χ1) is 8.06. The number of hydrogen-bond acceptors (Lipinski definition) is 4. The summed E-state index contributed by atoms with van der Waals surface area (Å²) in [6.45, 7) is 9.00. The molecule has 1 rings (SSSR count). The van der Waals surface area contributed by atoms with E-state index in [4.69, 9.17) is 5.73 Å². The molecule has 0 aliphatic carbocycles. The number of nitrogens with zero attached hydrogens (tertiary/aromatic N) is 2. The van der Waals surface area contributed by atoms with E-state index in [1.165, 1.54) is 0 Å². The lowest BCUT2D eigenvalue weighted by Gasteiger charge is -2.17. The zero-order chi connectivity index (χ0) is 12.8. The van der Waals surface area contributed by atoms with Gasteiger partial charge in [-0.15, -0.1) is 0 Å². The molecule has 1 aromatic rings. The molecule has 4 nitrogen and oxygen atoms in total. The Bertz CT molecular complexity index is 349. The van der Waals surface area contributed by atoms with Gasteiger partial charge in [-0.2, -0.15) is 0 Å². The first kappa shape index (κ1) is 13.9. The second kappa shape index (κ2) is 6.55. The topological polar surface area (TPSA) is 63.8 Å². The third-order valence-electron chi connectivity index (χ3n) is 2.66. The summed E-state index contributed by atoms with van der Waals surface area (Å²) in [7, 11) is 0. The average Bonchev–Trinajstić information content (AvgIpc) is 2.27. The van der Waals surface area contributed by atoms with Gasteiger partial charge in [-0.05, 0) is 13.3 Å². The smallest absolute Gasteiger partial charge is 0.133 e. The van der Waals surface area contributed by atoms with E-state index in [0.29, 0.717) is 18.5 Å². The predicted octanol–water partition coefficient (Wildman–Crippen LogP) is 2.45. The molecule has 0 bridgehead atoms. The van der Waals surface area contributed by atoms with E-state index in [9.17, 15) is 0 Å². The first-order valence-electron chi connectivity index (χ1n) is 6.39. The zero-order valence-electron chi connectivity index (χ0n) is 11.3. The standard InChI is InChI=1S/C13H24N4/c1-5-6-11(8-14)16-12-7-10(4)15-13(17-12)9(2)3/h7,9,11H,5-6,8,14H2,1-4H3,(H,15,16,17). The fourth-order valence-electron chi connectivity index (χ4n) is 1.73. The van der Waals surface area contributed by atoms with Crippen molar-refractivity contribution in [2.75, 3.05) is 11.9 Å². The zero-order valence-corrected chi connectivity index (χ0v) is 11.3. The van der Waals surface area contributed by atoms with Crippen molar-refractivity contribution in [3.8, 4) is 0 Å². The molecule has 3 N–H and O–H groups in total. The number of rotatable bonds is 6. The second-order valence-electron chi connectivity index (χ2n) is 4.77. The highest BCUT2D eigenvalue weighted by molar-refractivity contribution is 5.37. The van der Waals surface area contributed by atoms with Crippen LogP contribution in [-0.2, 0) is 0 Å². The Morgan fingerprint density at radius 3 is 2.59 bits per heavy atom. The maximum Gasteiger partial charge on any atom is 0.133 e. The lowest BCUT2D eigenvalue weighted by atomic mass is 10.1. The molecule has 0 fully saturated rings. The van der Waals surface area contributed by atoms with Gasteiger partial charge in [0.1, 0.15) is 11.6 Å². The van der Waals surface area contributed by atoms with Crippen LogP contribution in [0.3, 0.4) is 0 Å². The molecule has 0 radical (unpaired) electrons. The summed E-state index contributed by atoms with van der Waals surface area (Å²) in [4.78, 5) is 8.96. The fraction of sp³-hybridized carbons (Fsp3) is 0.692. The molecule has 0 saturated carbocycles. The molecular weight excluding hydrogens is 212 g/mol. The summed E-state index contributed by atoms with van der Waals surface area (Å²) in [5.41, 5.74) is 6.74. The molecule has 0 amide bonds. The van der Waals surface area contributed by atoms with Gasteiger partial charge in [0.15, 0.2) is 0 Å². The van der Waals surface area contributed by atoms with Crippen LogP contribution in [0.2, 0.25) is 0 Å². The molecule has 4 heteroatoms. The highest BCUT2D eigenvalue weighted by atomic mass is 15.1. The van der Waals surface area contributed by atoms with Crippen LogP contribution in [0, 0.1) is 6.92 Å². The van der Waals surface area contributed by atoms with Crippen molar-refractivity contribution in [1.29, 1.82) is 0 Å². The molecule has 1 aromatic heterocycles. The van der Waals surface area contributed by atoms with Gasteiger partial charge in [-0.3, -0.25) is 0 Å². The van der Waals surface area contributed by atoms with Crippen LogP contribution in [0.5, 0.6) is 0 Å². The molecule has 0 spiro atoms. The Labute approximate surface area is 104 Å². The van der Waals surface area contributed by atoms with Crippen LogP contribution in [0.15, 0.2) is 6.07 Å². The van der Waals surface area contributed by atoms with Crippen molar-refractivity contribution in [2.24, 2.45) is 5.73 Å². The largest absolute Gasteiger partial charge is 0.366 e. The number of aromatic nitrogens is 2. The van der Waals surface area contributed by atoms with Crippen molar-refractivity contribution in [1.82, 2.24) is 9.97 Å². The Morgan fingerprint density at radius 1 is 1.35 bits per heavy atom. The minimum absolute atomic E-state index is 0.300. The van der Waals surface area contributed by atoms with Crippen molar-refractivity contribution >= 4 is 5.82 Å². The number of nitrogens with two attached hydrogens (primary N) is 1. The average molecular weight is 236 g/mol. The van der Waals surface area contributed by atoms with E-state index in [2.05, 4.69) is 36.1 Å². The van der Waals surface area contributed by atoms with E-state index in [0.717, 1.165) is 30.2 Å². The van der Waals surface area contributed by atoms with Gasteiger partial charge in [0.25, 0.3) is 0 Å². The Hall–Kier alpha value is -1.16. The lowest BCUT2D eigenvalue weighted by Crippen LogP contribution is -2.29. The summed E-state index contributed by atoms with van der Waals surface area (Å²) < 4.78 is 0. The monoisotopic (exact) mass is 236 g/mol. The molecule has 17 heavy (non-hydrogen) atoms. The predicted molar refractivity (Wildman–Crippen MR) is 72.2 cm³/mol. The van der Waals surface area contributed by atoms with Crippen LogP contribution < -0.4 is 11.1 Å². The van der Waals surface area contributed by atoms with E-state index < -0.39 is 0 Å². The highest BCUT2D eigenvalue weighted by Crippen LogP contribution is 2.14. The van der Waals surface area contributed by atoms with Crippen LogP contribution in [0.4, 0.5) is 5.82 Å². The number of hydrogen-bond donors (Lipinski definition) is 2. The van der Waals surface area contributed by atoms with Crippen LogP contribution >= 0.6 is 0 Å². The quantitative estimate of drug-likeness (QED) is 0.796. The van der Waals surface area contributed by atoms with Gasteiger partial charge in [0, 0.05) is 30.3 Å². The number of anilines is 1. The minimum Gasteiger partial charge on any atom is -0.366 e. The minimum atomic E-state index is 0.300. The lowest BCUT2D eigenvalue weighted by molar-refractivity contribution is 0.643. The molecule has 1 heterocycles. The Balaban J connectivity index is 2.82. The van der Waals surface area contributed by atoms with Gasteiger partial charge in [-0.1, -0.05) is 27.2 Å². The third-order valence-corrected chi connectivity index (χ3v) is 2.66. The number of nitrogens with one attached hydrogen (secondary N) is 1. The van der Waals surface area contributed by atoms with Crippen LogP contribution in [0.25, 0.3) is 0 Å². The first-order valence-corrected chi connectivity index (χ1v) is 6.39. The highest BCUT2D eigenvalue weighted by Gasteiger charge is 2.09. The van der Waals surface area contributed by atoms with E-state index >= 15 is 0 Å². The van der Waals surface area contributed by atoms with E-state index in [-0.39, 0.29) is 0 Å². The SMILES string of the molecule is CCCC(CN)Nc1cc(C)nc(C(C)C)n1. The molecule has 0 saturated heterocycles. The van der Waals surface area contributed by atoms with Gasteiger partial charge < -0.3 is 11.1 Å². The van der Waals surface area contributed by atoms with Crippen molar-refractivity contribution in [3.05, 3.63) is 17.6 Å². The summed E-state index contributed by atoms with van der Waals surface area (Å²) in [6.07, 6.45) is 2.19. The van der Waals surface area contributed by atoms with Crippen LogP contribution in [0.1, 0.15) is 51.0 Å². The maximum absolute atomic E-state index is 5.74. The van der Waals surface area contributed by atoms with Crippen molar-refractivity contribution in [3.63, 3.8) is 0 Å². The summed E-state index contributed by atoms with van der Waals surface area (Å²) >= 11 is 0. The van der Waals surface area contributed by atoms with Crippen LogP contribution in [-0.4, -0.2) is 22.6 Å². The summed E-state index contributed by atoms with van der Waals surface area (Å²) in [5.74, 6) is 2.13.